The van der Waals surface area contributed by atoms with Gasteiger partial charge in [-0.25, -0.2) is 13.7 Å². The molecule has 0 saturated heterocycles. The first-order chi connectivity index (χ1) is 10.5. The van der Waals surface area contributed by atoms with E-state index in [0.717, 1.165) is 0 Å². The molecule has 0 heterocycles. The Morgan fingerprint density at radius 2 is 0.750 bits per heavy atom. The summed E-state index contributed by atoms with van der Waals surface area (Å²) in [4.78, 5) is 52.4. The molecule has 18 heteroatoms. The Bertz CT molecular complexity index is 574. The number of rotatable bonds is 6. The lowest BCUT2D eigenvalue weighted by molar-refractivity contribution is -0.212. The summed E-state index contributed by atoms with van der Waals surface area (Å²) in [6.07, 6.45) is -14.3. The highest BCUT2D eigenvalue weighted by Gasteiger charge is 2.56. The molecule has 9 N–H and O–H groups in total. The van der Waals surface area contributed by atoms with Crippen LogP contribution in [-0.2, 0) is 27.3 Å². The van der Waals surface area contributed by atoms with E-state index < -0.39 is 60.1 Å². The fraction of sp³-hybridized carbons (Fsp3) is 1.00. The minimum absolute atomic E-state index is 2.32. The molecule has 1 fully saturated rings. The van der Waals surface area contributed by atoms with Crippen molar-refractivity contribution in [3.05, 3.63) is 0 Å². The number of aliphatic hydroxyl groups is 3. The second-order valence-corrected chi connectivity index (χ2v) is 8.23. The minimum Gasteiger partial charge on any atom is -0.387 e. The van der Waals surface area contributed by atoms with E-state index in [0.29, 0.717) is 0 Å². The molecule has 0 aliphatic heterocycles. The maximum atomic E-state index is 10.9. The van der Waals surface area contributed by atoms with Gasteiger partial charge in [-0.05, 0) is 0 Å². The van der Waals surface area contributed by atoms with Gasteiger partial charge in [-0.2, -0.15) is 0 Å². The Morgan fingerprint density at radius 1 is 0.500 bits per heavy atom. The first kappa shape index (κ1) is 22.3. The quantitative estimate of drug-likeness (QED) is 0.189. The summed E-state index contributed by atoms with van der Waals surface area (Å²) in [6, 6.07) is 0. The lowest BCUT2D eigenvalue weighted by Gasteiger charge is -2.44. The molecule has 0 aromatic carbocycles. The van der Waals surface area contributed by atoms with Crippen LogP contribution in [0, 0.1) is 0 Å². The molecule has 24 heavy (non-hydrogen) atoms. The predicted molar refractivity (Wildman–Crippen MR) is 68.8 cm³/mol. The molecule has 0 bridgehead atoms. The Balaban J connectivity index is 3.23. The summed E-state index contributed by atoms with van der Waals surface area (Å²) < 4.78 is 44.7. The highest BCUT2D eigenvalue weighted by molar-refractivity contribution is 7.46. The van der Waals surface area contributed by atoms with Crippen molar-refractivity contribution in [3.63, 3.8) is 0 Å². The van der Waals surface area contributed by atoms with Gasteiger partial charge in [-0.15, -0.1) is 0 Å². The maximum Gasteiger partial charge on any atom is 0.470 e. The fourth-order valence-corrected chi connectivity index (χ4v) is 3.70. The molecule has 6 atom stereocenters. The van der Waals surface area contributed by atoms with E-state index in [1.54, 1.807) is 0 Å². The van der Waals surface area contributed by atoms with Crippen molar-refractivity contribution in [1.82, 2.24) is 0 Å². The van der Waals surface area contributed by atoms with Gasteiger partial charge in [0, 0.05) is 0 Å². The zero-order valence-corrected chi connectivity index (χ0v) is 14.0. The molecule has 1 saturated carbocycles. The molecule has 0 aromatic heterocycles. The lowest BCUT2D eigenvalue weighted by atomic mass is 9.85. The van der Waals surface area contributed by atoms with E-state index >= 15 is 0 Å². The zero-order valence-electron chi connectivity index (χ0n) is 11.3. The van der Waals surface area contributed by atoms with Gasteiger partial charge in [0.15, 0.2) is 0 Å². The highest BCUT2D eigenvalue weighted by Crippen LogP contribution is 2.49. The van der Waals surface area contributed by atoms with Gasteiger partial charge in [0.1, 0.15) is 36.6 Å². The molecule has 0 unspecified atom stereocenters. The zero-order chi connectivity index (χ0) is 19.1. The molecule has 144 valence electrons. The van der Waals surface area contributed by atoms with Gasteiger partial charge in [-0.3, -0.25) is 13.6 Å². The van der Waals surface area contributed by atoms with Gasteiger partial charge < -0.3 is 44.7 Å². The fourth-order valence-electron chi connectivity index (χ4n) is 2.01. The normalized spacial score (nSPS) is 35.9. The van der Waals surface area contributed by atoms with Crippen molar-refractivity contribution in [2.24, 2.45) is 0 Å². The molecular weight excluding hydrogens is 405 g/mol. The molecular formula is C6H15O15P3. The van der Waals surface area contributed by atoms with E-state index in [2.05, 4.69) is 13.6 Å². The summed E-state index contributed by atoms with van der Waals surface area (Å²) in [6.45, 7) is 0. The lowest BCUT2D eigenvalue weighted by Crippen LogP contribution is -2.65. The van der Waals surface area contributed by atoms with Gasteiger partial charge in [-0.1, -0.05) is 0 Å². The van der Waals surface area contributed by atoms with Crippen LogP contribution in [0.15, 0.2) is 0 Å². The molecule has 0 spiro atoms. The second-order valence-electron chi connectivity index (χ2n) is 4.65. The van der Waals surface area contributed by atoms with Crippen LogP contribution in [0.2, 0.25) is 0 Å². The SMILES string of the molecule is O=P(O)(O)O[C@@H]1[C@@H](O)[C@H](O)[C@@H](OP(=O)(O)O)[C@@H](OP(=O)(O)O)[C@H]1O. The van der Waals surface area contributed by atoms with Crippen LogP contribution in [0.5, 0.6) is 0 Å². The molecule has 1 aliphatic carbocycles. The number of hydrogen-bond donors (Lipinski definition) is 9. The van der Waals surface area contributed by atoms with Gasteiger partial charge in [0.2, 0.25) is 0 Å². The third-order valence-electron chi connectivity index (χ3n) is 2.80. The molecule has 15 nitrogen and oxygen atoms in total. The van der Waals surface area contributed by atoms with Crippen LogP contribution >= 0.6 is 23.5 Å². The standard InChI is InChI=1S/C6H15O15P3/c7-1-2(8)5(20-23(13,14)15)6(21-24(16,17)18)3(9)4(1)19-22(10,11)12/h1-9H,(H2,10,11,12)(H2,13,14,15)(H2,16,17,18)/t1-,2-,3-,4+,5+,6-/m0/s1. The minimum atomic E-state index is -5.43. The average molecular weight is 420 g/mol. The average Bonchev–Trinajstić information content (AvgIpc) is 2.32. The van der Waals surface area contributed by atoms with Gasteiger partial charge >= 0.3 is 23.5 Å². The van der Waals surface area contributed by atoms with Crippen LogP contribution in [-0.4, -0.2) is 81.3 Å². The highest BCUT2D eigenvalue weighted by atomic mass is 31.2. The van der Waals surface area contributed by atoms with Crippen molar-refractivity contribution < 1.29 is 71.9 Å². The third kappa shape index (κ3) is 6.50. The van der Waals surface area contributed by atoms with E-state index in [-0.39, 0.29) is 0 Å². The summed E-state index contributed by atoms with van der Waals surface area (Å²) in [5.74, 6) is 0. The smallest absolute Gasteiger partial charge is 0.387 e. The molecule has 0 amide bonds. The van der Waals surface area contributed by atoms with Crippen molar-refractivity contribution in [2.45, 2.75) is 36.6 Å². The van der Waals surface area contributed by atoms with Crippen LogP contribution in [0.1, 0.15) is 0 Å². The van der Waals surface area contributed by atoms with Crippen molar-refractivity contribution in [1.29, 1.82) is 0 Å². The number of phosphoric acid groups is 3. The monoisotopic (exact) mass is 420 g/mol. The summed E-state index contributed by atoms with van der Waals surface area (Å²) in [5, 5.41) is 29.3. The van der Waals surface area contributed by atoms with Crippen LogP contribution in [0.3, 0.4) is 0 Å². The first-order valence-corrected chi connectivity index (χ1v) is 10.4. The Kier molecular flexibility index (Phi) is 6.90. The maximum absolute atomic E-state index is 10.9. The Morgan fingerprint density at radius 3 is 1.08 bits per heavy atom. The Labute approximate surface area is 133 Å². The predicted octanol–water partition coefficient (Wildman–Crippen LogP) is -3.48. The molecule has 1 aliphatic rings. The molecule has 1 rings (SSSR count). The van der Waals surface area contributed by atoms with Crippen molar-refractivity contribution in [3.8, 4) is 0 Å². The number of phosphoric ester groups is 3. The van der Waals surface area contributed by atoms with Crippen LogP contribution in [0.4, 0.5) is 0 Å². The summed E-state index contributed by atoms with van der Waals surface area (Å²) in [5.41, 5.74) is 0. The van der Waals surface area contributed by atoms with Crippen LogP contribution < -0.4 is 0 Å². The van der Waals surface area contributed by atoms with Gasteiger partial charge in [0.05, 0.1) is 0 Å². The van der Waals surface area contributed by atoms with E-state index in [1.165, 1.54) is 0 Å². The summed E-state index contributed by atoms with van der Waals surface area (Å²) in [7, 11) is -16.2. The topological polar surface area (TPSA) is 261 Å². The molecule has 0 aromatic rings. The number of aliphatic hydroxyl groups excluding tert-OH is 3. The van der Waals surface area contributed by atoms with E-state index in [9.17, 15) is 29.0 Å². The summed E-state index contributed by atoms with van der Waals surface area (Å²) >= 11 is 0. The van der Waals surface area contributed by atoms with E-state index in [4.69, 9.17) is 29.4 Å². The van der Waals surface area contributed by atoms with Gasteiger partial charge in [0.25, 0.3) is 0 Å². The molecule has 0 radical (unpaired) electrons. The van der Waals surface area contributed by atoms with Crippen molar-refractivity contribution in [2.75, 3.05) is 0 Å². The van der Waals surface area contributed by atoms with Crippen molar-refractivity contribution >= 4 is 23.5 Å². The third-order valence-corrected chi connectivity index (χ3v) is 4.35. The van der Waals surface area contributed by atoms with Crippen LogP contribution in [0.25, 0.3) is 0 Å². The largest absolute Gasteiger partial charge is 0.470 e. The second kappa shape index (κ2) is 7.45. The number of hydrogen-bond acceptors (Lipinski definition) is 9. The van der Waals surface area contributed by atoms with E-state index in [1.807, 2.05) is 0 Å². The first-order valence-electron chi connectivity index (χ1n) is 5.78. The Hall–Kier alpha value is 0.210.